The van der Waals surface area contributed by atoms with E-state index in [1.54, 1.807) is 23.3 Å². The van der Waals surface area contributed by atoms with Crippen molar-refractivity contribution in [3.63, 3.8) is 0 Å². The van der Waals surface area contributed by atoms with Crippen molar-refractivity contribution in [1.29, 1.82) is 0 Å². The number of rotatable bonds is 5. The van der Waals surface area contributed by atoms with E-state index in [1.165, 1.54) is 7.11 Å². The highest BCUT2D eigenvalue weighted by atomic mass is 16.5. The first-order valence-electron chi connectivity index (χ1n) is 9.19. The average Bonchev–Trinajstić information content (AvgIpc) is 3.17. The summed E-state index contributed by atoms with van der Waals surface area (Å²) in [6, 6.07) is 4.08. The molecule has 0 radical (unpaired) electrons. The zero-order valence-electron chi connectivity index (χ0n) is 16.5. The highest BCUT2D eigenvalue weighted by molar-refractivity contribution is 6.00. The lowest BCUT2D eigenvalue weighted by Gasteiger charge is -2.29. The summed E-state index contributed by atoms with van der Waals surface area (Å²) >= 11 is 0. The molecule has 0 aliphatic carbocycles. The van der Waals surface area contributed by atoms with Crippen LogP contribution in [0.1, 0.15) is 15.9 Å². The van der Waals surface area contributed by atoms with Crippen LogP contribution >= 0.6 is 0 Å². The Morgan fingerprint density at radius 2 is 2.00 bits per heavy atom. The van der Waals surface area contributed by atoms with Crippen LogP contribution in [0.2, 0.25) is 0 Å². The largest absolute Gasteiger partial charge is 0.489 e. The van der Waals surface area contributed by atoms with Gasteiger partial charge in [-0.15, -0.1) is 0 Å². The van der Waals surface area contributed by atoms with Gasteiger partial charge in [-0.2, -0.15) is 5.10 Å². The fourth-order valence-electron chi connectivity index (χ4n) is 3.20. The fourth-order valence-corrected chi connectivity index (χ4v) is 3.20. The Kier molecular flexibility index (Phi) is 5.03. The first-order valence-corrected chi connectivity index (χ1v) is 9.19. The van der Waals surface area contributed by atoms with Crippen molar-refractivity contribution in [3.05, 3.63) is 48.0 Å². The van der Waals surface area contributed by atoms with Crippen LogP contribution in [-0.4, -0.2) is 53.0 Å². The molecule has 9 nitrogen and oxygen atoms in total. The van der Waals surface area contributed by atoms with Gasteiger partial charge in [-0.25, -0.2) is 9.97 Å². The topological polar surface area (TPSA) is 94.4 Å². The lowest BCUT2D eigenvalue weighted by atomic mass is 10.0. The molecule has 1 aliphatic heterocycles. The van der Waals surface area contributed by atoms with E-state index in [9.17, 15) is 4.79 Å². The van der Waals surface area contributed by atoms with Crippen LogP contribution in [0.3, 0.4) is 0 Å². The molecule has 0 unspecified atom stereocenters. The minimum atomic E-state index is -0.211. The Morgan fingerprint density at radius 1 is 1.21 bits per heavy atom. The molecule has 9 heteroatoms. The van der Waals surface area contributed by atoms with Crippen LogP contribution in [-0.2, 0) is 13.6 Å². The van der Waals surface area contributed by atoms with Gasteiger partial charge >= 0.3 is 6.01 Å². The lowest BCUT2D eigenvalue weighted by molar-refractivity contribution is 0.0946. The van der Waals surface area contributed by atoms with Crippen LogP contribution in [0.25, 0.3) is 11.1 Å². The molecule has 0 spiro atoms. The average molecular weight is 394 g/mol. The minimum Gasteiger partial charge on any atom is -0.489 e. The van der Waals surface area contributed by atoms with Crippen LogP contribution in [0, 0.1) is 0 Å². The Bertz CT molecular complexity index is 1030. The van der Waals surface area contributed by atoms with Gasteiger partial charge in [0, 0.05) is 50.4 Å². The van der Waals surface area contributed by atoms with E-state index >= 15 is 0 Å². The predicted molar refractivity (Wildman–Crippen MR) is 107 cm³/mol. The van der Waals surface area contributed by atoms with Crippen molar-refractivity contribution in [2.45, 2.75) is 6.54 Å². The number of nitrogens with zero attached hydrogens (tertiary/aromatic N) is 5. The number of likely N-dealkylation sites (N-methyl/N-ethyl adjacent to an activating group) is 1. The van der Waals surface area contributed by atoms with Crippen LogP contribution in [0.15, 0.2) is 36.9 Å². The molecule has 0 atom stereocenters. The van der Waals surface area contributed by atoms with Crippen molar-refractivity contribution in [2.24, 2.45) is 7.05 Å². The van der Waals surface area contributed by atoms with E-state index in [1.807, 2.05) is 32.4 Å². The predicted octanol–water partition coefficient (Wildman–Crippen LogP) is 1.64. The summed E-state index contributed by atoms with van der Waals surface area (Å²) in [7, 11) is 5.34. The second-order valence-corrected chi connectivity index (χ2v) is 6.81. The number of aryl methyl sites for hydroxylation is 1. The number of carbonyl (C=O) groups excluding carboxylic acids is 1. The summed E-state index contributed by atoms with van der Waals surface area (Å²) in [6.45, 7) is 1.65. The standard InChI is InChI=1S/C20H22N6O3/c1-25-4-5-29-18-16(19(27)21-8-13-9-24-26(2)12-13)6-14(7-17(18)25)15-10-22-20(28-3)23-11-15/h6-7,9-12H,4-5,8H2,1-3H3,(H,21,27). The Morgan fingerprint density at radius 3 is 2.69 bits per heavy atom. The van der Waals surface area contributed by atoms with Crippen LogP contribution in [0.5, 0.6) is 11.8 Å². The monoisotopic (exact) mass is 394 g/mol. The molecule has 3 heterocycles. The second-order valence-electron chi connectivity index (χ2n) is 6.81. The number of benzene rings is 1. The molecule has 4 rings (SSSR count). The number of ether oxygens (including phenoxy) is 2. The number of amides is 1. The molecule has 0 saturated carbocycles. The fraction of sp³-hybridized carbons (Fsp3) is 0.300. The molecule has 1 aromatic carbocycles. The third-order valence-electron chi connectivity index (χ3n) is 4.75. The number of aromatic nitrogens is 4. The van der Waals surface area contributed by atoms with Gasteiger partial charge in [0.25, 0.3) is 5.91 Å². The second kappa shape index (κ2) is 7.78. The van der Waals surface area contributed by atoms with Crippen molar-refractivity contribution in [3.8, 4) is 22.9 Å². The Balaban J connectivity index is 1.68. The van der Waals surface area contributed by atoms with Crippen molar-refractivity contribution in [2.75, 3.05) is 32.2 Å². The summed E-state index contributed by atoms with van der Waals surface area (Å²) < 4.78 is 12.6. The van der Waals surface area contributed by atoms with Gasteiger partial charge in [0.1, 0.15) is 6.61 Å². The number of hydrogen-bond donors (Lipinski definition) is 1. The minimum absolute atomic E-state index is 0.211. The molecule has 0 saturated heterocycles. The third kappa shape index (κ3) is 3.84. The lowest BCUT2D eigenvalue weighted by Crippen LogP contribution is -2.31. The summed E-state index contributed by atoms with van der Waals surface area (Å²) in [6.07, 6.45) is 6.94. The first-order chi connectivity index (χ1) is 14.0. The molecule has 2 aromatic heterocycles. The maximum atomic E-state index is 13.0. The smallest absolute Gasteiger partial charge is 0.316 e. The number of methoxy groups -OCH3 is 1. The summed E-state index contributed by atoms with van der Waals surface area (Å²) in [5.74, 6) is 0.372. The molecule has 150 valence electrons. The maximum absolute atomic E-state index is 13.0. The molecular weight excluding hydrogens is 372 g/mol. The van der Waals surface area contributed by atoms with Crippen molar-refractivity contribution in [1.82, 2.24) is 25.1 Å². The van der Waals surface area contributed by atoms with E-state index in [0.29, 0.717) is 30.5 Å². The molecule has 3 aromatic rings. The molecule has 0 bridgehead atoms. The number of carbonyl (C=O) groups is 1. The highest BCUT2D eigenvalue weighted by Gasteiger charge is 2.24. The van der Waals surface area contributed by atoms with Gasteiger partial charge in [0.2, 0.25) is 0 Å². The SMILES string of the molecule is COc1ncc(-c2cc(C(=O)NCc3cnn(C)c3)c3c(c2)N(C)CCO3)cn1. The van der Waals surface area contributed by atoms with E-state index in [0.717, 1.165) is 28.9 Å². The maximum Gasteiger partial charge on any atom is 0.316 e. The van der Waals surface area contributed by atoms with E-state index in [2.05, 4.69) is 25.3 Å². The zero-order chi connectivity index (χ0) is 20.4. The van der Waals surface area contributed by atoms with E-state index < -0.39 is 0 Å². The molecular formula is C20H22N6O3. The van der Waals surface area contributed by atoms with Gasteiger partial charge in [-0.1, -0.05) is 0 Å². The molecule has 1 aliphatic rings. The molecule has 29 heavy (non-hydrogen) atoms. The van der Waals surface area contributed by atoms with Crippen molar-refractivity contribution < 1.29 is 14.3 Å². The number of hydrogen-bond acceptors (Lipinski definition) is 7. The van der Waals surface area contributed by atoms with Crippen LogP contribution < -0.4 is 19.7 Å². The highest BCUT2D eigenvalue weighted by Crippen LogP contribution is 2.38. The number of anilines is 1. The summed E-state index contributed by atoms with van der Waals surface area (Å²) in [5.41, 5.74) is 3.87. The number of fused-ring (bicyclic) bond motifs is 1. The molecule has 0 fully saturated rings. The van der Waals surface area contributed by atoms with Gasteiger partial charge in [-0.3, -0.25) is 9.48 Å². The third-order valence-corrected chi connectivity index (χ3v) is 4.75. The quantitative estimate of drug-likeness (QED) is 0.703. The van der Waals surface area contributed by atoms with E-state index in [4.69, 9.17) is 9.47 Å². The van der Waals surface area contributed by atoms with Gasteiger partial charge < -0.3 is 19.7 Å². The number of nitrogens with one attached hydrogen (secondary N) is 1. The van der Waals surface area contributed by atoms with Crippen LogP contribution in [0.4, 0.5) is 5.69 Å². The first kappa shape index (κ1) is 18.7. The van der Waals surface area contributed by atoms with Gasteiger partial charge in [0.15, 0.2) is 5.75 Å². The Hall–Kier alpha value is -3.62. The molecule has 1 amide bonds. The molecule has 1 N–H and O–H groups in total. The van der Waals surface area contributed by atoms with Gasteiger partial charge in [0.05, 0.1) is 31.1 Å². The summed E-state index contributed by atoms with van der Waals surface area (Å²) in [4.78, 5) is 23.4. The normalized spacial score (nSPS) is 12.9. The zero-order valence-corrected chi connectivity index (χ0v) is 16.5. The van der Waals surface area contributed by atoms with Crippen molar-refractivity contribution >= 4 is 11.6 Å². The Labute approximate surface area is 168 Å². The van der Waals surface area contributed by atoms with E-state index in [-0.39, 0.29) is 5.91 Å². The summed E-state index contributed by atoms with van der Waals surface area (Å²) in [5, 5.41) is 7.07. The van der Waals surface area contributed by atoms with Gasteiger partial charge in [-0.05, 0) is 17.7 Å².